The van der Waals surface area contributed by atoms with E-state index < -0.39 is 42.9 Å². The fourth-order valence-corrected chi connectivity index (χ4v) is 12.8. The number of H-pyrrole nitrogens is 1. The minimum atomic E-state index is -4.74. The van der Waals surface area contributed by atoms with E-state index in [1.807, 2.05) is 4.90 Å². The van der Waals surface area contributed by atoms with Crippen LogP contribution in [0.3, 0.4) is 0 Å². The molecule has 10 rings (SSSR count). The van der Waals surface area contributed by atoms with E-state index in [9.17, 15) is 37.6 Å². The van der Waals surface area contributed by atoms with E-state index in [1.54, 1.807) is 26.0 Å². The Morgan fingerprint density at radius 3 is 2.49 bits per heavy atom. The number of nitro groups is 1. The first-order chi connectivity index (χ1) is 33.9. The van der Waals surface area contributed by atoms with E-state index in [-0.39, 0.29) is 69.7 Å². The number of carbonyl (C=O) groups excluding carboxylic acids is 2. The molecule has 1 spiro atoms. The molecule has 2 amide bonds. The molecule has 5 aliphatic rings. The molecule has 4 N–H and O–H groups in total. The number of hydrogen-bond donors (Lipinski definition) is 4. The number of nitrogens with zero attached hydrogens (tertiary/aromatic N) is 5. The number of halogens is 1. The molecule has 0 unspecified atom stereocenters. The normalized spacial score (nSPS) is 24.4. The molecule has 376 valence electrons. The number of hydrogen-bond acceptors (Lipinski definition) is 13. The van der Waals surface area contributed by atoms with Crippen molar-refractivity contribution in [3.05, 3.63) is 106 Å². The number of rotatable bonds is 11. The fraction of sp³-hybridized carbons (Fsp3) is 0.481. The van der Waals surface area contributed by atoms with Crippen molar-refractivity contribution in [3.63, 3.8) is 0 Å². The number of ether oxygens (including phenoxy) is 2. The molecular formula is C52H61FN8O9S. The van der Waals surface area contributed by atoms with Crippen molar-refractivity contribution < 1.29 is 41.9 Å². The van der Waals surface area contributed by atoms with Crippen LogP contribution in [0.1, 0.15) is 106 Å². The maximum absolute atomic E-state index is 14.7. The van der Waals surface area contributed by atoms with E-state index in [0.29, 0.717) is 49.8 Å². The molecule has 3 aromatic carbocycles. The molecule has 3 atom stereocenters. The fourth-order valence-electron chi connectivity index (χ4n) is 11.8. The predicted octanol–water partition coefficient (Wildman–Crippen LogP) is 8.07. The maximum atomic E-state index is 14.7. The van der Waals surface area contributed by atoms with Crippen LogP contribution in [0.2, 0.25) is 0 Å². The van der Waals surface area contributed by atoms with E-state index in [0.717, 1.165) is 69.8 Å². The van der Waals surface area contributed by atoms with Crippen LogP contribution < -0.4 is 24.4 Å². The van der Waals surface area contributed by atoms with Crippen LogP contribution in [0.15, 0.2) is 78.0 Å². The van der Waals surface area contributed by atoms with Crippen molar-refractivity contribution in [2.75, 3.05) is 56.1 Å². The zero-order chi connectivity index (χ0) is 50.0. The number of benzene rings is 3. The van der Waals surface area contributed by atoms with Gasteiger partial charge in [-0.1, -0.05) is 38.1 Å². The second-order valence-corrected chi connectivity index (χ2v) is 22.7. The zero-order valence-electron chi connectivity index (χ0n) is 40.4. The Balaban J connectivity index is 0.865. The van der Waals surface area contributed by atoms with Gasteiger partial charge < -0.3 is 34.7 Å². The third-order valence-corrected chi connectivity index (χ3v) is 17.2. The number of likely N-dealkylation sites (tertiary alicyclic amines) is 2. The Hall–Kier alpha value is -6.31. The third kappa shape index (κ3) is 9.63. The average Bonchev–Trinajstić information content (AvgIpc) is 3.71. The highest BCUT2D eigenvalue weighted by molar-refractivity contribution is 7.90. The Morgan fingerprint density at radius 1 is 1.03 bits per heavy atom. The summed E-state index contributed by atoms with van der Waals surface area (Å²) in [6, 6.07) is 17.0. The maximum Gasteiger partial charge on any atom is 0.297 e. The number of sulfonamides is 1. The second-order valence-electron chi connectivity index (χ2n) is 21.0. The van der Waals surface area contributed by atoms with Crippen LogP contribution in [0.25, 0.3) is 11.0 Å². The molecule has 3 saturated heterocycles. The van der Waals surface area contributed by atoms with Crippen molar-refractivity contribution in [2.45, 2.75) is 107 Å². The molecule has 0 bridgehead atoms. The van der Waals surface area contributed by atoms with Gasteiger partial charge in [0.05, 0.1) is 38.6 Å². The molecule has 71 heavy (non-hydrogen) atoms. The minimum Gasteiger partial charge on any atom is -0.489 e. The number of nitrogens with one attached hydrogen (secondary N) is 3. The summed E-state index contributed by atoms with van der Waals surface area (Å²) >= 11 is 0. The monoisotopic (exact) mass is 992 g/mol. The first-order valence-electron chi connectivity index (χ1n) is 24.7. The molecule has 4 aliphatic heterocycles. The molecule has 17 nitrogen and oxygen atoms in total. The van der Waals surface area contributed by atoms with Gasteiger partial charge in [0, 0.05) is 88.2 Å². The number of anilines is 2. The second kappa shape index (κ2) is 18.7. The summed E-state index contributed by atoms with van der Waals surface area (Å²) in [5.41, 5.74) is 2.40. The predicted molar refractivity (Wildman–Crippen MR) is 265 cm³/mol. The van der Waals surface area contributed by atoms with E-state index in [2.05, 4.69) is 67.9 Å². The van der Waals surface area contributed by atoms with E-state index in [1.165, 1.54) is 35.7 Å². The van der Waals surface area contributed by atoms with Crippen LogP contribution >= 0.6 is 0 Å². The number of aromatic nitrogens is 2. The Kier molecular flexibility index (Phi) is 12.7. The highest BCUT2D eigenvalue weighted by Gasteiger charge is 2.50. The van der Waals surface area contributed by atoms with Gasteiger partial charge in [0.2, 0.25) is 5.91 Å². The van der Waals surface area contributed by atoms with Gasteiger partial charge in [-0.05, 0) is 98.4 Å². The van der Waals surface area contributed by atoms with Crippen LogP contribution in [0, 0.1) is 27.3 Å². The lowest BCUT2D eigenvalue weighted by Gasteiger charge is -2.59. The average molecular weight is 993 g/mol. The number of nitro benzene ring substituents is 1. The van der Waals surface area contributed by atoms with E-state index >= 15 is 0 Å². The number of piperidine rings is 2. The summed E-state index contributed by atoms with van der Waals surface area (Å²) in [6.45, 7) is 12.8. The number of aromatic amines is 1. The Morgan fingerprint density at radius 2 is 1.77 bits per heavy atom. The van der Waals surface area contributed by atoms with Crippen molar-refractivity contribution in [1.29, 1.82) is 0 Å². The number of pyridine rings is 1. The molecule has 19 heteroatoms. The van der Waals surface area contributed by atoms with Gasteiger partial charge in [-0.15, -0.1) is 0 Å². The molecule has 4 fully saturated rings. The van der Waals surface area contributed by atoms with Gasteiger partial charge >= 0.3 is 0 Å². The number of fused-ring (bicyclic) bond motifs is 2. The molecule has 2 aromatic heterocycles. The highest BCUT2D eigenvalue weighted by atomic mass is 32.2. The molecule has 0 radical (unpaired) electrons. The minimum absolute atomic E-state index is 0.00811. The third-order valence-electron chi connectivity index (χ3n) is 15.9. The van der Waals surface area contributed by atoms with Gasteiger partial charge in [-0.25, -0.2) is 22.5 Å². The van der Waals surface area contributed by atoms with Gasteiger partial charge in [0.25, 0.3) is 21.6 Å². The summed E-state index contributed by atoms with van der Waals surface area (Å²) in [5.74, 6) is -0.799. The standard InChI is InChI=1S/C52H61FN8O9S/c1-31(2)37-7-5-6-8-38(37)41-27-59(32(3)62)18-13-44(41)60-29-52(30-60)16-19-58(20-17-52)34-9-10-39(46(21-34)70-35-22-40-42(53)26-55-49(40)54-25-35)50(63)57-71(67,68)36-23-45(61(65)66)48-47(24-36)69-28-43(56-48)33-11-14-51(4,64)15-12-33/h5-10,21-26,31,33,41,43-44,56,64H,11-20,27-30H2,1-4H3,(H,54,55)(H,57,63)/t33-,41-,43+,44-,51-/m0/s1. The summed E-state index contributed by atoms with van der Waals surface area (Å²) in [6.07, 6.45) is 7.83. The Bertz CT molecular complexity index is 2990. The number of carbonyl (C=O) groups is 2. The highest BCUT2D eigenvalue weighted by Crippen LogP contribution is 2.48. The largest absolute Gasteiger partial charge is 0.489 e. The summed E-state index contributed by atoms with van der Waals surface area (Å²) in [7, 11) is -4.74. The molecule has 6 heterocycles. The van der Waals surface area contributed by atoms with Crippen molar-refractivity contribution in [2.24, 2.45) is 11.3 Å². The van der Waals surface area contributed by atoms with Gasteiger partial charge in [0.1, 0.15) is 29.6 Å². The quantitative estimate of drug-likeness (QED) is 0.0729. The van der Waals surface area contributed by atoms with Crippen molar-refractivity contribution >= 4 is 49.9 Å². The zero-order valence-corrected chi connectivity index (χ0v) is 41.3. The number of aliphatic hydroxyl groups is 1. The van der Waals surface area contributed by atoms with Crippen LogP contribution in [0.4, 0.5) is 21.5 Å². The molecule has 1 aliphatic carbocycles. The van der Waals surface area contributed by atoms with Gasteiger partial charge in [0.15, 0.2) is 11.4 Å². The smallest absolute Gasteiger partial charge is 0.297 e. The lowest BCUT2D eigenvalue weighted by Crippen LogP contribution is -2.65. The topological polar surface area (TPSA) is 213 Å². The molecule has 1 saturated carbocycles. The Labute approximate surface area is 412 Å². The summed E-state index contributed by atoms with van der Waals surface area (Å²) in [4.78, 5) is 51.8. The van der Waals surface area contributed by atoms with Crippen molar-refractivity contribution in [3.8, 4) is 17.2 Å². The lowest BCUT2D eigenvalue weighted by molar-refractivity contribution is -0.384. The van der Waals surface area contributed by atoms with Crippen LogP contribution in [0.5, 0.6) is 17.2 Å². The van der Waals surface area contributed by atoms with Gasteiger partial charge in [-0.3, -0.25) is 24.6 Å². The summed E-state index contributed by atoms with van der Waals surface area (Å²) in [5, 5.41) is 26.2. The lowest BCUT2D eigenvalue weighted by atomic mass is 9.69. The summed E-state index contributed by atoms with van der Waals surface area (Å²) < 4.78 is 57.0. The van der Waals surface area contributed by atoms with Crippen molar-refractivity contribution in [1.82, 2.24) is 24.5 Å². The SMILES string of the molecule is CC(=O)N1CC[C@H](N2CC3(CCN(c4ccc(C(=O)NS(=O)(=O)c5cc6c(c([N+](=O)[O-])c5)N[C@@H]([C@H]5CC[C@](C)(O)CC5)CO6)c(Oc5cnc6[nH]cc(F)c6c5)c4)CC3)C2)[C@H](c2ccccc2C(C)C)C1. The first-order valence-corrected chi connectivity index (χ1v) is 26.1. The van der Waals surface area contributed by atoms with Gasteiger partial charge in [-0.2, -0.15) is 0 Å². The molecular weight excluding hydrogens is 932 g/mol. The first kappa shape index (κ1) is 48.3. The van der Waals surface area contributed by atoms with Crippen LogP contribution in [-0.4, -0.2) is 114 Å². The molecule has 5 aromatic rings. The number of amides is 2. The van der Waals surface area contributed by atoms with E-state index in [4.69, 9.17) is 9.47 Å². The van der Waals surface area contributed by atoms with Crippen LogP contribution in [-0.2, 0) is 14.8 Å².